The fraction of sp³-hybridized carbons (Fsp3) is 0.524. The molecule has 0 aromatic heterocycles. The molecule has 0 radical (unpaired) electrons. The largest absolute Gasteiger partial charge is 0.352 e. The third-order valence-corrected chi connectivity index (χ3v) is 4.10. The van der Waals surface area contributed by atoms with Gasteiger partial charge in [0.2, 0.25) is 5.91 Å². The molecule has 0 unspecified atom stereocenters. The molecule has 0 aliphatic carbocycles. The van der Waals surface area contributed by atoms with Crippen LogP contribution in [0.3, 0.4) is 0 Å². The van der Waals surface area contributed by atoms with Gasteiger partial charge in [-0.15, -0.1) is 30.6 Å². The maximum Gasteiger partial charge on any atom is 0.238 e. The first-order valence-electron chi connectivity index (χ1n) is 9.52. The molecule has 0 fully saturated rings. The highest BCUT2D eigenvalue weighted by Gasteiger charge is 2.07. The first-order chi connectivity index (χ1) is 13.0. The van der Waals surface area contributed by atoms with E-state index in [-0.39, 0.29) is 29.9 Å². The lowest BCUT2D eigenvalue weighted by atomic mass is 10.2. The van der Waals surface area contributed by atoms with E-state index in [1.54, 1.807) is 7.05 Å². The van der Waals surface area contributed by atoms with Crippen molar-refractivity contribution in [1.29, 1.82) is 0 Å². The molecular formula is C21H36IN5O. The molecule has 6 nitrogen and oxygen atoms in total. The summed E-state index contributed by atoms with van der Waals surface area (Å²) in [6.45, 7) is 5.75. The molecule has 7 heteroatoms. The van der Waals surface area contributed by atoms with E-state index in [4.69, 9.17) is 0 Å². The number of guanidine groups is 1. The first-order valence-corrected chi connectivity index (χ1v) is 9.52. The van der Waals surface area contributed by atoms with Crippen molar-refractivity contribution < 1.29 is 4.79 Å². The van der Waals surface area contributed by atoms with E-state index in [1.165, 1.54) is 12.8 Å². The Labute approximate surface area is 187 Å². The molecule has 2 N–H and O–H groups in total. The minimum absolute atomic E-state index is 0. The van der Waals surface area contributed by atoms with E-state index in [2.05, 4.69) is 34.2 Å². The Morgan fingerprint density at radius 1 is 1.21 bits per heavy atom. The second kappa shape index (κ2) is 15.3. The second-order valence-corrected chi connectivity index (χ2v) is 6.95. The summed E-state index contributed by atoms with van der Waals surface area (Å²) >= 11 is 0. The monoisotopic (exact) mass is 501 g/mol. The van der Waals surface area contributed by atoms with Crippen molar-refractivity contribution >= 4 is 41.5 Å². The number of nitrogens with zero attached hydrogens (tertiary/aromatic N) is 3. The number of hydrogen-bond donors (Lipinski definition) is 2. The number of aliphatic imine (C=N–C) groups is 1. The zero-order valence-corrected chi connectivity index (χ0v) is 20.0. The Balaban J connectivity index is 0.00000729. The smallest absolute Gasteiger partial charge is 0.238 e. The van der Waals surface area contributed by atoms with Crippen molar-refractivity contribution in [2.24, 2.45) is 4.99 Å². The molecule has 0 saturated carbocycles. The highest BCUT2D eigenvalue weighted by molar-refractivity contribution is 14.0. The third kappa shape index (κ3) is 11.3. The van der Waals surface area contributed by atoms with Gasteiger partial charge in [0.15, 0.2) is 5.96 Å². The van der Waals surface area contributed by atoms with Crippen LogP contribution in [-0.2, 0) is 11.3 Å². The van der Waals surface area contributed by atoms with Crippen molar-refractivity contribution in [2.45, 2.75) is 32.2 Å². The number of anilines is 1. The number of carbonyl (C=O) groups excluding carboxylic acids is 1. The highest BCUT2D eigenvalue weighted by atomic mass is 127. The number of likely N-dealkylation sites (N-methyl/N-ethyl adjacent to an activating group) is 1. The summed E-state index contributed by atoms with van der Waals surface area (Å²) in [5.74, 6) is 0.859. The fourth-order valence-electron chi connectivity index (χ4n) is 2.73. The highest BCUT2D eigenvalue weighted by Crippen LogP contribution is 2.11. The van der Waals surface area contributed by atoms with Crippen LogP contribution in [-0.4, -0.2) is 62.9 Å². The molecule has 0 aliphatic rings. The van der Waals surface area contributed by atoms with Gasteiger partial charge in [-0.2, -0.15) is 0 Å². The van der Waals surface area contributed by atoms with Crippen molar-refractivity contribution in [3.63, 3.8) is 0 Å². The quantitative estimate of drug-likeness (QED) is 0.160. The summed E-state index contributed by atoms with van der Waals surface area (Å²) in [4.78, 5) is 20.3. The van der Waals surface area contributed by atoms with E-state index >= 15 is 0 Å². The van der Waals surface area contributed by atoms with E-state index in [0.717, 1.165) is 36.6 Å². The lowest BCUT2D eigenvalue weighted by Gasteiger charge is -2.22. The van der Waals surface area contributed by atoms with Crippen LogP contribution >= 0.6 is 24.0 Å². The van der Waals surface area contributed by atoms with Gasteiger partial charge in [-0.05, 0) is 51.1 Å². The number of carbonyl (C=O) groups is 1. The Morgan fingerprint density at radius 3 is 2.61 bits per heavy atom. The minimum Gasteiger partial charge on any atom is -0.352 e. The van der Waals surface area contributed by atoms with Crippen LogP contribution in [0.1, 0.15) is 31.2 Å². The third-order valence-electron chi connectivity index (χ3n) is 4.10. The molecule has 0 saturated heterocycles. The summed E-state index contributed by atoms with van der Waals surface area (Å²) < 4.78 is 0. The topological polar surface area (TPSA) is 60.0 Å². The maximum absolute atomic E-state index is 11.9. The zero-order chi connectivity index (χ0) is 20.1. The first kappa shape index (κ1) is 26.4. The molecule has 0 heterocycles. The number of rotatable bonds is 11. The number of unbranched alkanes of at least 4 members (excludes halogenated alkanes) is 3. The molecule has 0 atom stereocenters. The number of benzene rings is 1. The standard InChI is InChI=1S/C21H35N5O.HI/c1-6-7-8-9-10-14-26(5)21(22-2)23-16-18-12-11-13-19(15-18)24-20(27)17-25(3)4;/h6,11-13,15H,1,7-10,14,16-17H2,2-5H3,(H,22,23)(H,24,27);1H. The van der Waals surface area contributed by atoms with E-state index in [9.17, 15) is 4.79 Å². The molecule has 28 heavy (non-hydrogen) atoms. The summed E-state index contributed by atoms with van der Waals surface area (Å²) in [6.07, 6.45) is 6.58. The maximum atomic E-state index is 11.9. The zero-order valence-electron chi connectivity index (χ0n) is 17.7. The summed E-state index contributed by atoms with van der Waals surface area (Å²) in [7, 11) is 7.61. The van der Waals surface area contributed by atoms with Gasteiger partial charge in [-0.1, -0.05) is 24.6 Å². The van der Waals surface area contributed by atoms with Gasteiger partial charge in [0.1, 0.15) is 0 Å². The molecule has 0 spiro atoms. The minimum atomic E-state index is -0.0166. The van der Waals surface area contributed by atoms with Gasteiger partial charge in [0.25, 0.3) is 0 Å². The Morgan fingerprint density at radius 2 is 1.96 bits per heavy atom. The van der Waals surface area contributed by atoms with Crippen LogP contribution < -0.4 is 10.6 Å². The fourth-order valence-corrected chi connectivity index (χ4v) is 2.73. The Kier molecular flexibility index (Phi) is 14.4. The number of allylic oxidation sites excluding steroid dienone is 1. The second-order valence-electron chi connectivity index (χ2n) is 6.95. The lowest BCUT2D eigenvalue weighted by molar-refractivity contribution is -0.116. The number of amides is 1. The molecule has 158 valence electrons. The van der Waals surface area contributed by atoms with Crippen LogP contribution in [0.15, 0.2) is 41.9 Å². The van der Waals surface area contributed by atoms with Gasteiger partial charge < -0.3 is 20.4 Å². The van der Waals surface area contributed by atoms with Crippen LogP contribution in [0, 0.1) is 0 Å². The molecule has 1 aromatic rings. The van der Waals surface area contributed by atoms with E-state index < -0.39 is 0 Å². The number of nitrogens with one attached hydrogen (secondary N) is 2. The molecular weight excluding hydrogens is 465 g/mol. The van der Waals surface area contributed by atoms with E-state index in [0.29, 0.717) is 13.1 Å². The van der Waals surface area contributed by atoms with Gasteiger partial charge in [0, 0.05) is 32.9 Å². The number of hydrogen-bond acceptors (Lipinski definition) is 3. The van der Waals surface area contributed by atoms with Crippen molar-refractivity contribution in [1.82, 2.24) is 15.1 Å². The van der Waals surface area contributed by atoms with Crippen LogP contribution in [0.5, 0.6) is 0 Å². The average molecular weight is 501 g/mol. The average Bonchev–Trinajstić information content (AvgIpc) is 2.61. The number of halogens is 1. The van der Waals surface area contributed by atoms with Crippen LogP contribution in [0.2, 0.25) is 0 Å². The summed E-state index contributed by atoms with van der Waals surface area (Å²) in [6, 6.07) is 7.88. The van der Waals surface area contributed by atoms with Gasteiger partial charge in [-0.25, -0.2) is 0 Å². The van der Waals surface area contributed by atoms with Crippen LogP contribution in [0.4, 0.5) is 5.69 Å². The molecule has 1 rings (SSSR count). The van der Waals surface area contributed by atoms with Crippen molar-refractivity contribution in [2.75, 3.05) is 46.6 Å². The predicted molar refractivity (Wildman–Crippen MR) is 131 cm³/mol. The summed E-state index contributed by atoms with van der Waals surface area (Å²) in [5.41, 5.74) is 1.91. The Hall–Kier alpha value is -1.61. The van der Waals surface area contributed by atoms with Crippen molar-refractivity contribution in [3.05, 3.63) is 42.5 Å². The lowest BCUT2D eigenvalue weighted by Crippen LogP contribution is -2.39. The van der Waals surface area contributed by atoms with E-state index in [1.807, 2.05) is 49.3 Å². The molecule has 1 amide bonds. The SMILES string of the molecule is C=CCCCCCN(C)C(=NC)NCc1cccc(NC(=O)CN(C)C)c1.I. The van der Waals surface area contributed by atoms with Gasteiger partial charge >= 0.3 is 0 Å². The summed E-state index contributed by atoms with van der Waals surface area (Å²) in [5, 5.41) is 6.32. The van der Waals surface area contributed by atoms with Gasteiger partial charge in [-0.3, -0.25) is 9.79 Å². The van der Waals surface area contributed by atoms with Gasteiger partial charge in [0.05, 0.1) is 6.54 Å². The predicted octanol–water partition coefficient (Wildman–Crippen LogP) is 3.56. The molecule has 0 bridgehead atoms. The normalized spacial score (nSPS) is 11.0. The molecule has 1 aromatic carbocycles. The van der Waals surface area contributed by atoms with Crippen molar-refractivity contribution in [3.8, 4) is 0 Å². The Bertz CT molecular complexity index is 619. The van der Waals surface area contributed by atoms with Crippen LogP contribution in [0.25, 0.3) is 0 Å². The molecule has 0 aliphatic heterocycles.